The van der Waals surface area contributed by atoms with E-state index < -0.39 is 22.8 Å². The number of benzene rings is 3. The summed E-state index contributed by atoms with van der Waals surface area (Å²) in [4.78, 5) is 16.7. The van der Waals surface area contributed by atoms with Crippen LogP contribution in [0.2, 0.25) is 5.02 Å². The second-order valence-corrected chi connectivity index (χ2v) is 8.67. The number of hydrogen-bond acceptors (Lipinski definition) is 3. The number of carbonyl (C=O) groups excluding carboxylic acids is 1. The van der Waals surface area contributed by atoms with E-state index in [0.29, 0.717) is 11.4 Å². The zero-order chi connectivity index (χ0) is 26.7. The maximum atomic E-state index is 13.2. The lowest BCUT2D eigenvalue weighted by Gasteiger charge is -2.13. The number of pyridine rings is 1. The topological polar surface area (TPSA) is 71.8 Å². The van der Waals surface area contributed by atoms with E-state index >= 15 is 0 Å². The van der Waals surface area contributed by atoms with Gasteiger partial charge in [-0.25, -0.2) is 9.48 Å². The van der Waals surface area contributed by atoms with Crippen LogP contribution in [0, 0.1) is 0 Å². The highest BCUT2D eigenvalue weighted by Gasteiger charge is 2.33. The molecule has 0 aliphatic rings. The van der Waals surface area contributed by atoms with Crippen LogP contribution >= 0.6 is 11.6 Å². The van der Waals surface area contributed by atoms with Gasteiger partial charge < -0.3 is 10.6 Å². The van der Waals surface area contributed by atoms with E-state index in [9.17, 15) is 18.0 Å². The number of carbonyl (C=O) groups is 1. The monoisotopic (exact) mass is 533 g/mol. The Bertz CT molecular complexity index is 1590. The molecule has 2 heterocycles. The maximum Gasteiger partial charge on any atom is 0.417 e. The van der Waals surface area contributed by atoms with Crippen molar-refractivity contribution < 1.29 is 18.0 Å². The third-order valence-electron chi connectivity index (χ3n) is 5.65. The van der Waals surface area contributed by atoms with Crippen LogP contribution in [0.3, 0.4) is 0 Å². The third kappa shape index (κ3) is 5.52. The number of para-hydroxylation sites is 1. The molecule has 0 saturated heterocycles. The number of hydrogen-bond donors (Lipinski definition) is 2. The number of anilines is 2. The largest absolute Gasteiger partial charge is 0.417 e. The first-order valence-corrected chi connectivity index (χ1v) is 11.8. The Kier molecular flexibility index (Phi) is 6.85. The molecule has 3 aromatic carbocycles. The lowest BCUT2D eigenvalue weighted by atomic mass is 10.0. The van der Waals surface area contributed by atoms with Gasteiger partial charge in [0.1, 0.15) is 5.69 Å². The van der Waals surface area contributed by atoms with E-state index in [2.05, 4.69) is 15.6 Å². The first-order chi connectivity index (χ1) is 18.3. The lowest BCUT2D eigenvalue weighted by molar-refractivity contribution is -0.137. The molecule has 190 valence electrons. The molecule has 38 heavy (non-hydrogen) atoms. The average molecular weight is 534 g/mol. The summed E-state index contributed by atoms with van der Waals surface area (Å²) in [5.41, 5.74) is 3.42. The molecule has 2 amide bonds. The molecule has 2 N–H and O–H groups in total. The van der Waals surface area contributed by atoms with Gasteiger partial charge in [-0.05, 0) is 60.2 Å². The zero-order valence-electron chi connectivity index (χ0n) is 19.6. The Balaban J connectivity index is 1.43. The Morgan fingerprint density at radius 3 is 2.24 bits per heavy atom. The molecule has 0 spiro atoms. The van der Waals surface area contributed by atoms with E-state index in [0.717, 1.165) is 34.5 Å². The fraction of sp³-hybridized carbons (Fsp3) is 0.0357. The molecule has 0 aliphatic heterocycles. The average Bonchev–Trinajstić information content (AvgIpc) is 3.36. The zero-order valence-corrected chi connectivity index (χ0v) is 20.3. The summed E-state index contributed by atoms with van der Waals surface area (Å²) in [6.07, 6.45) is 0.672. The van der Waals surface area contributed by atoms with Gasteiger partial charge in [0.05, 0.1) is 16.3 Å². The minimum Gasteiger partial charge on any atom is -0.308 e. The molecule has 0 fully saturated rings. The molecule has 5 aromatic rings. The summed E-state index contributed by atoms with van der Waals surface area (Å²) in [6, 6.07) is 22.9. The molecule has 2 aromatic heterocycles. The van der Waals surface area contributed by atoms with Crippen molar-refractivity contribution in [3.63, 3.8) is 0 Å². The van der Waals surface area contributed by atoms with Gasteiger partial charge in [-0.2, -0.15) is 18.3 Å². The molecule has 0 unspecified atom stereocenters. The van der Waals surface area contributed by atoms with Gasteiger partial charge in [-0.3, -0.25) is 4.98 Å². The summed E-state index contributed by atoms with van der Waals surface area (Å²) in [6.45, 7) is 0. The molecule has 0 aliphatic carbocycles. The van der Waals surface area contributed by atoms with Crippen LogP contribution in [0.25, 0.3) is 28.1 Å². The number of urea groups is 1. The van der Waals surface area contributed by atoms with E-state index in [1.165, 1.54) is 6.07 Å². The highest BCUT2D eigenvalue weighted by atomic mass is 35.5. The number of rotatable bonds is 5. The minimum atomic E-state index is -4.64. The van der Waals surface area contributed by atoms with Crippen molar-refractivity contribution in [3.05, 3.63) is 114 Å². The molecule has 10 heteroatoms. The van der Waals surface area contributed by atoms with Gasteiger partial charge in [0.2, 0.25) is 0 Å². The van der Waals surface area contributed by atoms with Crippen molar-refractivity contribution in [3.8, 4) is 28.1 Å². The highest BCUT2D eigenvalue weighted by Crippen LogP contribution is 2.36. The standard InChI is InChI=1S/C28H19ClF3N5O/c29-25-10-9-21(16-24(25)28(30,31)32)35-27(38)34-20-6-4-5-19(15-20)26-23(18-11-13-33-14-12-18)17-37(36-26)22-7-2-1-3-8-22/h1-17H,(H2,34,35,38). The number of nitrogens with one attached hydrogen (secondary N) is 2. The predicted octanol–water partition coefficient (Wildman–Crippen LogP) is 7.92. The third-order valence-corrected chi connectivity index (χ3v) is 5.98. The van der Waals surface area contributed by atoms with Gasteiger partial charge in [-0.1, -0.05) is 41.9 Å². The minimum absolute atomic E-state index is 0.0445. The van der Waals surface area contributed by atoms with Crippen LogP contribution in [0.5, 0.6) is 0 Å². The van der Waals surface area contributed by atoms with Gasteiger partial charge >= 0.3 is 12.2 Å². The fourth-order valence-corrected chi connectivity index (χ4v) is 4.13. The molecular weight excluding hydrogens is 515 g/mol. The van der Waals surface area contributed by atoms with E-state index in [4.69, 9.17) is 16.7 Å². The summed E-state index contributed by atoms with van der Waals surface area (Å²) >= 11 is 5.66. The highest BCUT2D eigenvalue weighted by molar-refractivity contribution is 6.31. The van der Waals surface area contributed by atoms with E-state index in [1.54, 1.807) is 35.3 Å². The van der Waals surface area contributed by atoms with E-state index in [1.807, 2.05) is 54.7 Å². The molecule has 0 saturated carbocycles. The number of halogens is 4. The number of aromatic nitrogens is 3. The van der Waals surface area contributed by atoms with Crippen molar-refractivity contribution >= 4 is 29.0 Å². The van der Waals surface area contributed by atoms with Crippen molar-refractivity contribution in [2.75, 3.05) is 10.6 Å². The van der Waals surface area contributed by atoms with Crippen LogP contribution in [0.15, 0.2) is 104 Å². The summed E-state index contributed by atoms with van der Waals surface area (Å²) in [5.74, 6) is 0. The molecule has 0 radical (unpaired) electrons. The normalized spacial score (nSPS) is 11.3. The van der Waals surface area contributed by atoms with Gasteiger partial charge in [0.25, 0.3) is 0 Å². The quantitative estimate of drug-likeness (QED) is 0.241. The Labute approximate surface area is 220 Å². The van der Waals surface area contributed by atoms with Gasteiger partial charge in [0, 0.05) is 41.1 Å². The SMILES string of the molecule is O=C(Nc1cccc(-c2nn(-c3ccccc3)cc2-c2ccncc2)c1)Nc1ccc(Cl)c(C(F)(F)F)c1. The predicted molar refractivity (Wildman–Crippen MR) is 141 cm³/mol. The van der Waals surface area contributed by atoms with Crippen molar-refractivity contribution in [1.82, 2.24) is 14.8 Å². The summed E-state index contributed by atoms with van der Waals surface area (Å²) in [7, 11) is 0. The Morgan fingerprint density at radius 2 is 1.53 bits per heavy atom. The van der Waals surface area contributed by atoms with Crippen LogP contribution in [0.1, 0.15) is 5.56 Å². The van der Waals surface area contributed by atoms with E-state index in [-0.39, 0.29) is 5.69 Å². The molecule has 5 rings (SSSR count). The fourth-order valence-electron chi connectivity index (χ4n) is 3.90. The van der Waals surface area contributed by atoms with Gasteiger partial charge in [0.15, 0.2) is 0 Å². The maximum absolute atomic E-state index is 13.2. The van der Waals surface area contributed by atoms with Crippen LogP contribution < -0.4 is 10.6 Å². The first-order valence-electron chi connectivity index (χ1n) is 11.4. The summed E-state index contributed by atoms with van der Waals surface area (Å²) in [5, 5.41) is 9.44. The Hall–Kier alpha value is -4.63. The number of nitrogens with zero attached hydrogens (tertiary/aromatic N) is 3. The first kappa shape index (κ1) is 25.0. The van der Waals surface area contributed by atoms with Crippen molar-refractivity contribution in [2.24, 2.45) is 0 Å². The number of alkyl halides is 3. The van der Waals surface area contributed by atoms with Gasteiger partial charge in [-0.15, -0.1) is 0 Å². The number of amides is 2. The lowest BCUT2D eigenvalue weighted by Crippen LogP contribution is -2.20. The molecule has 0 bridgehead atoms. The Morgan fingerprint density at radius 1 is 0.816 bits per heavy atom. The molecule has 6 nitrogen and oxygen atoms in total. The van der Waals surface area contributed by atoms with Crippen molar-refractivity contribution in [2.45, 2.75) is 6.18 Å². The molecular formula is C28H19ClF3N5O. The van der Waals surface area contributed by atoms with Crippen molar-refractivity contribution in [1.29, 1.82) is 0 Å². The smallest absolute Gasteiger partial charge is 0.308 e. The second kappa shape index (κ2) is 10.4. The van der Waals surface area contributed by atoms with Crippen LogP contribution in [0.4, 0.5) is 29.3 Å². The second-order valence-electron chi connectivity index (χ2n) is 8.26. The summed E-state index contributed by atoms with van der Waals surface area (Å²) < 4.78 is 41.3. The van der Waals surface area contributed by atoms with Crippen LogP contribution in [-0.4, -0.2) is 20.8 Å². The van der Waals surface area contributed by atoms with Crippen LogP contribution in [-0.2, 0) is 6.18 Å². The molecule has 0 atom stereocenters.